The van der Waals surface area contributed by atoms with Gasteiger partial charge in [-0.1, -0.05) is 121 Å². The number of ether oxygens (including phenoxy) is 1. The Labute approximate surface area is 275 Å². The number of unbranched alkanes of at least 4 members (excludes halogenated alkanes) is 6. The minimum absolute atomic E-state index is 0.0561. The van der Waals surface area contributed by atoms with Crippen LogP contribution in [-0.4, -0.2) is 6.61 Å². The monoisotopic (exact) mass is 630 g/mol. The van der Waals surface area contributed by atoms with Crippen molar-refractivity contribution in [1.29, 1.82) is 0 Å². The Morgan fingerprint density at radius 2 is 1.28 bits per heavy atom. The smallest absolute Gasteiger partial charge is 0.201 e. The van der Waals surface area contributed by atoms with Crippen molar-refractivity contribution < 1.29 is 17.9 Å². The maximum absolute atomic E-state index is 15.4. The SMILES string of the molecule is CCCCCCCOc1ccc(-c2ccc(-c3ccc(C4=CCC(C5CCC(CCCCC)CC5)CC4)cc3F)cc2)c(F)c1F. The molecule has 1 saturated carbocycles. The minimum atomic E-state index is -0.967. The number of benzene rings is 3. The number of hydrogen-bond donors (Lipinski definition) is 0. The van der Waals surface area contributed by atoms with Crippen LogP contribution in [0, 0.1) is 35.2 Å². The Hall–Kier alpha value is -3.01. The largest absolute Gasteiger partial charge is 0.490 e. The van der Waals surface area contributed by atoms with Gasteiger partial charge in [-0.05, 0) is 96.7 Å². The summed E-state index contributed by atoms with van der Waals surface area (Å²) in [6.45, 7) is 4.81. The Morgan fingerprint density at radius 3 is 1.96 bits per heavy atom. The predicted octanol–water partition coefficient (Wildman–Crippen LogP) is 13.4. The van der Waals surface area contributed by atoms with Crippen LogP contribution in [0.1, 0.15) is 122 Å². The van der Waals surface area contributed by atoms with Gasteiger partial charge >= 0.3 is 0 Å². The maximum Gasteiger partial charge on any atom is 0.201 e. The third-order valence-corrected chi connectivity index (χ3v) is 10.6. The summed E-state index contributed by atoms with van der Waals surface area (Å²) in [6.07, 6.45) is 22.0. The fraction of sp³-hybridized carbons (Fsp3) is 0.524. The van der Waals surface area contributed by atoms with Crippen molar-refractivity contribution in [3.05, 3.63) is 83.7 Å². The van der Waals surface area contributed by atoms with Crippen LogP contribution in [0.5, 0.6) is 5.75 Å². The normalized spacial score (nSPS) is 20.0. The molecule has 1 unspecified atom stereocenters. The summed E-state index contributed by atoms with van der Waals surface area (Å²) in [5.41, 5.74) is 4.14. The average molecular weight is 631 g/mol. The first-order valence-corrected chi connectivity index (χ1v) is 18.2. The second-order valence-corrected chi connectivity index (χ2v) is 13.8. The number of halogens is 3. The van der Waals surface area contributed by atoms with E-state index < -0.39 is 11.6 Å². The Morgan fingerprint density at radius 1 is 0.630 bits per heavy atom. The van der Waals surface area contributed by atoms with Crippen LogP contribution < -0.4 is 4.74 Å². The molecule has 0 aliphatic heterocycles. The Bertz CT molecular complexity index is 1420. The lowest BCUT2D eigenvalue weighted by Gasteiger charge is -2.35. The molecule has 0 radical (unpaired) electrons. The molecular formula is C42H53F3O. The Balaban J connectivity index is 1.16. The molecule has 2 aliphatic rings. The van der Waals surface area contributed by atoms with E-state index >= 15 is 8.78 Å². The van der Waals surface area contributed by atoms with Gasteiger partial charge < -0.3 is 4.74 Å². The molecule has 0 heterocycles. The molecule has 0 bridgehead atoms. The molecule has 3 aromatic rings. The lowest BCUT2D eigenvalue weighted by atomic mass is 9.70. The van der Waals surface area contributed by atoms with E-state index in [4.69, 9.17) is 4.74 Å². The molecule has 0 aromatic heterocycles. The molecule has 0 N–H and O–H groups in total. The van der Waals surface area contributed by atoms with E-state index in [1.807, 2.05) is 12.1 Å². The summed E-state index contributed by atoms with van der Waals surface area (Å²) >= 11 is 0. The zero-order chi connectivity index (χ0) is 32.3. The van der Waals surface area contributed by atoms with Gasteiger partial charge in [0.25, 0.3) is 0 Å². The van der Waals surface area contributed by atoms with Crippen LogP contribution in [-0.2, 0) is 0 Å². The van der Waals surface area contributed by atoms with Crippen LogP contribution in [0.3, 0.4) is 0 Å². The number of allylic oxidation sites excluding steroid dienone is 2. The van der Waals surface area contributed by atoms with Gasteiger partial charge in [-0.15, -0.1) is 0 Å². The van der Waals surface area contributed by atoms with Gasteiger partial charge in [0.2, 0.25) is 5.82 Å². The lowest BCUT2D eigenvalue weighted by Crippen LogP contribution is -2.23. The summed E-state index contributed by atoms with van der Waals surface area (Å²) in [5.74, 6) is 0.354. The van der Waals surface area contributed by atoms with E-state index in [2.05, 4.69) is 19.9 Å². The molecule has 2 aliphatic carbocycles. The molecule has 5 rings (SSSR count). The second kappa shape index (κ2) is 17.2. The van der Waals surface area contributed by atoms with Crippen LogP contribution in [0.15, 0.2) is 60.7 Å². The summed E-state index contributed by atoms with van der Waals surface area (Å²) in [5, 5.41) is 0. The van der Waals surface area contributed by atoms with Gasteiger partial charge in [-0.3, -0.25) is 0 Å². The molecule has 4 heteroatoms. The highest BCUT2D eigenvalue weighted by molar-refractivity contribution is 5.74. The summed E-state index contributed by atoms with van der Waals surface area (Å²) in [4.78, 5) is 0. The van der Waals surface area contributed by atoms with Crippen molar-refractivity contribution in [2.75, 3.05) is 6.61 Å². The van der Waals surface area contributed by atoms with E-state index in [1.165, 1.54) is 75.8 Å². The average Bonchev–Trinajstić information content (AvgIpc) is 3.09. The molecule has 1 fully saturated rings. The lowest BCUT2D eigenvalue weighted by molar-refractivity contribution is 0.187. The molecule has 3 aromatic carbocycles. The first kappa shape index (κ1) is 34.3. The van der Waals surface area contributed by atoms with Crippen LogP contribution in [0.2, 0.25) is 0 Å². The van der Waals surface area contributed by atoms with Crippen molar-refractivity contribution in [1.82, 2.24) is 0 Å². The van der Waals surface area contributed by atoms with E-state index in [1.54, 1.807) is 36.4 Å². The van der Waals surface area contributed by atoms with Gasteiger partial charge in [0, 0.05) is 11.1 Å². The third kappa shape index (κ3) is 8.87. The van der Waals surface area contributed by atoms with Crippen molar-refractivity contribution in [2.24, 2.45) is 17.8 Å². The number of rotatable bonds is 15. The second-order valence-electron chi connectivity index (χ2n) is 13.8. The van der Waals surface area contributed by atoms with E-state index in [9.17, 15) is 4.39 Å². The van der Waals surface area contributed by atoms with E-state index in [-0.39, 0.29) is 17.1 Å². The van der Waals surface area contributed by atoms with Gasteiger partial charge in [0.1, 0.15) is 5.82 Å². The number of hydrogen-bond acceptors (Lipinski definition) is 1. The van der Waals surface area contributed by atoms with Crippen LogP contribution in [0.4, 0.5) is 13.2 Å². The molecule has 0 spiro atoms. The topological polar surface area (TPSA) is 9.23 Å². The quantitative estimate of drug-likeness (QED) is 0.152. The van der Waals surface area contributed by atoms with Crippen molar-refractivity contribution in [3.63, 3.8) is 0 Å². The van der Waals surface area contributed by atoms with Gasteiger partial charge in [-0.2, -0.15) is 4.39 Å². The standard InChI is InChI=1S/C42H53F3O/c1-3-5-7-8-10-28-46-40-27-26-38(41(44)42(40)45)35-22-20-34(21-23-35)37-25-24-36(29-39(37)43)33-18-16-32(17-19-33)31-14-12-30(13-15-31)11-9-6-4-2/h18,20-27,29-32H,3-17,19,28H2,1-2H3. The molecular weight excluding hydrogens is 577 g/mol. The molecule has 1 atom stereocenters. The van der Waals surface area contributed by atoms with Gasteiger partial charge in [0.05, 0.1) is 6.61 Å². The summed E-state index contributed by atoms with van der Waals surface area (Å²) < 4.78 is 50.8. The zero-order valence-electron chi connectivity index (χ0n) is 28.1. The molecule has 0 amide bonds. The highest BCUT2D eigenvalue weighted by Gasteiger charge is 2.29. The van der Waals surface area contributed by atoms with E-state index in [0.717, 1.165) is 61.8 Å². The molecule has 1 nitrogen and oxygen atoms in total. The zero-order valence-corrected chi connectivity index (χ0v) is 28.1. The van der Waals surface area contributed by atoms with Crippen LogP contribution in [0.25, 0.3) is 27.8 Å². The van der Waals surface area contributed by atoms with Crippen molar-refractivity contribution in [2.45, 2.75) is 117 Å². The minimum Gasteiger partial charge on any atom is -0.490 e. The van der Waals surface area contributed by atoms with Crippen molar-refractivity contribution >= 4 is 5.57 Å². The highest BCUT2D eigenvalue weighted by Crippen LogP contribution is 2.42. The van der Waals surface area contributed by atoms with Crippen molar-refractivity contribution in [3.8, 4) is 28.0 Å². The summed E-state index contributed by atoms with van der Waals surface area (Å²) in [7, 11) is 0. The predicted molar refractivity (Wildman–Crippen MR) is 186 cm³/mol. The fourth-order valence-corrected chi connectivity index (χ4v) is 7.71. The van der Waals surface area contributed by atoms with E-state index in [0.29, 0.717) is 23.3 Å². The van der Waals surface area contributed by atoms with Crippen LogP contribution >= 0.6 is 0 Å². The fourth-order valence-electron chi connectivity index (χ4n) is 7.71. The van der Waals surface area contributed by atoms with Gasteiger partial charge in [0.15, 0.2) is 11.6 Å². The van der Waals surface area contributed by atoms with Gasteiger partial charge in [-0.25, -0.2) is 8.78 Å². The first-order chi connectivity index (χ1) is 22.5. The maximum atomic E-state index is 15.4. The summed E-state index contributed by atoms with van der Waals surface area (Å²) in [6, 6.07) is 15.6. The Kier molecular flexibility index (Phi) is 12.9. The molecule has 248 valence electrons. The molecule has 46 heavy (non-hydrogen) atoms. The molecule has 0 saturated heterocycles. The first-order valence-electron chi connectivity index (χ1n) is 18.2. The third-order valence-electron chi connectivity index (χ3n) is 10.6. The highest BCUT2D eigenvalue weighted by atomic mass is 19.2.